The van der Waals surface area contributed by atoms with Gasteiger partial charge in [0.1, 0.15) is 19.3 Å². The summed E-state index contributed by atoms with van der Waals surface area (Å²) in [5.74, 6) is -2.12. The first kappa shape index (κ1) is 91.1. The van der Waals surface area contributed by atoms with Crippen molar-refractivity contribution in [2.24, 2.45) is 0 Å². The molecule has 0 aromatic rings. The molecular formula is C74H144O17P2. The van der Waals surface area contributed by atoms with Crippen molar-refractivity contribution in [3.8, 4) is 0 Å². The van der Waals surface area contributed by atoms with E-state index in [0.29, 0.717) is 25.7 Å². The van der Waals surface area contributed by atoms with Gasteiger partial charge in [0.25, 0.3) is 0 Å². The van der Waals surface area contributed by atoms with E-state index in [0.717, 1.165) is 96.3 Å². The summed E-state index contributed by atoms with van der Waals surface area (Å²) in [6, 6.07) is 0. The van der Waals surface area contributed by atoms with Crippen molar-refractivity contribution in [1.82, 2.24) is 0 Å². The molecule has 0 rings (SSSR count). The van der Waals surface area contributed by atoms with E-state index in [9.17, 15) is 43.2 Å². The number of hydrogen-bond acceptors (Lipinski definition) is 15. The third-order valence-electron chi connectivity index (χ3n) is 17.4. The summed E-state index contributed by atoms with van der Waals surface area (Å²) in [5, 5.41) is 10.6. The molecule has 0 spiro atoms. The normalized spacial score (nSPS) is 13.9. The van der Waals surface area contributed by atoms with Crippen LogP contribution < -0.4 is 0 Å². The Labute approximate surface area is 568 Å². The minimum absolute atomic E-state index is 0.108. The summed E-state index contributed by atoms with van der Waals surface area (Å²) in [7, 11) is -9.90. The molecule has 5 atom stereocenters. The van der Waals surface area contributed by atoms with Crippen LogP contribution in [0.1, 0.15) is 394 Å². The smallest absolute Gasteiger partial charge is 0.462 e. The van der Waals surface area contributed by atoms with E-state index in [4.69, 9.17) is 37.0 Å². The van der Waals surface area contributed by atoms with E-state index < -0.39 is 97.5 Å². The molecule has 3 N–H and O–H groups in total. The summed E-state index contributed by atoms with van der Waals surface area (Å²) in [5.41, 5.74) is 0. The molecule has 0 aromatic heterocycles. The van der Waals surface area contributed by atoms with Gasteiger partial charge in [-0.15, -0.1) is 0 Å². The zero-order valence-electron chi connectivity index (χ0n) is 60.2. The fraction of sp³-hybridized carbons (Fsp3) is 0.946. The number of carbonyl (C=O) groups excluding carboxylic acids is 4. The molecule has 0 aliphatic carbocycles. The van der Waals surface area contributed by atoms with Gasteiger partial charge in [-0.2, -0.15) is 0 Å². The maximum Gasteiger partial charge on any atom is 0.472 e. The van der Waals surface area contributed by atoms with Gasteiger partial charge in [-0.05, 0) is 25.7 Å². The Balaban J connectivity index is 5.19. The van der Waals surface area contributed by atoms with Crippen molar-refractivity contribution in [3.63, 3.8) is 0 Å². The summed E-state index contributed by atoms with van der Waals surface area (Å²) in [6.07, 6.45) is 58.2. The standard InChI is InChI=1S/C74H144O17P2/c1-5-9-13-17-21-25-28-31-33-34-35-36-37-39-42-45-49-53-57-61-74(79)91-70(65-85-72(77)59-55-51-47-43-41-38-32-29-26-22-18-14-10-6-2)67-89-93(82,83)87-63-68(75)62-86-92(80,81)88-66-69(64-84-71(76)58-54-50-46-24-20-16-12-8-4)90-73(78)60-56-52-48-44-40-30-27-23-19-15-11-7-3/h68-70,75H,5-67H2,1-4H3,(H,80,81)(H,82,83)/t68-,69+,70+/m0/s1. The Morgan fingerprint density at radius 2 is 0.430 bits per heavy atom. The number of rotatable bonds is 75. The first-order valence-corrected chi connectivity index (χ1v) is 41.8. The van der Waals surface area contributed by atoms with Gasteiger partial charge in [0.05, 0.1) is 26.4 Å². The Hall–Kier alpha value is -1.94. The van der Waals surface area contributed by atoms with Gasteiger partial charge in [-0.1, -0.05) is 342 Å². The molecular weight excluding hydrogens is 1220 g/mol. The lowest BCUT2D eigenvalue weighted by molar-refractivity contribution is -0.161. The monoisotopic (exact) mass is 1370 g/mol. The predicted molar refractivity (Wildman–Crippen MR) is 377 cm³/mol. The van der Waals surface area contributed by atoms with Crippen molar-refractivity contribution in [2.45, 2.75) is 412 Å². The molecule has 17 nitrogen and oxygen atoms in total. The fourth-order valence-corrected chi connectivity index (χ4v) is 13.0. The second-order valence-electron chi connectivity index (χ2n) is 26.7. The SMILES string of the molecule is CCCCCCCCCCCCCCCCCCCCCC(=O)O[C@H](COC(=O)CCCCCCCCCCCCCCCC)COP(=O)(O)OC[C@@H](O)COP(=O)(O)OC[C@@H](COC(=O)CCCCCCCCCC)OC(=O)CCCCCCCCCCCCCC. The quantitative estimate of drug-likeness (QED) is 0.0222. The highest BCUT2D eigenvalue weighted by atomic mass is 31.2. The minimum atomic E-state index is -4.95. The van der Waals surface area contributed by atoms with Crippen LogP contribution in [-0.2, 0) is 65.4 Å². The molecule has 0 heterocycles. The second kappa shape index (κ2) is 68.6. The third-order valence-corrected chi connectivity index (χ3v) is 19.3. The summed E-state index contributed by atoms with van der Waals surface area (Å²) < 4.78 is 68.4. The largest absolute Gasteiger partial charge is 0.472 e. The topological polar surface area (TPSA) is 237 Å². The van der Waals surface area contributed by atoms with Crippen LogP contribution in [0, 0.1) is 0 Å². The Bertz CT molecular complexity index is 1770. The molecule has 0 amide bonds. The Morgan fingerprint density at radius 3 is 0.634 bits per heavy atom. The number of esters is 4. The molecule has 0 aromatic carbocycles. The number of hydrogen-bond donors (Lipinski definition) is 3. The number of aliphatic hydroxyl groups excluding tert-OH is 1. The zero-order chi connectivity index (χ0) is 68.2. The molecule has 19 heteroatoms. The van der Waals surface area contributed by atoms with E-state index in [-0.39, 0.29) is 25.7 Å². The van der Waals surface area contributed by atoms with Crippen LogP contribution in [0.2, 0.25) is 0 Å². The van der Waals surface area contributed by atoms with Gasteiger partial charge in [-0.25, -0.2) is 9.13 Å². The summed E-state index contributed by atoms with van der Waals surface area (Å²) in [4.78, 5) is 72.6. The molecule has 0 bridgehead atoms. The van der Waals surface area contributed by atoms with E-state index in [1.807, 2.05) is 0 Å². The molecule has 0 aliphatic rings. The van der Waals surface area contributed by atoms with Crippen molar-refractivity contribution >= 4 is 39.5 Å². The van der Waals surface area contributed by atoms with E-state index >= 15 is 0 Å². The lowest BCUT2D eigenvalue weighted by Crippen LogP contribution is -2.30. The molecule has 0 fully saturated rings. The molecule has 93 heavy (non-hydrogen) atoms. The molecule has 2 unspecified atom stereocenters. The van der Waals surface area contributed by atoms with Gasteiger partial charge in [-0.3, -0.25) is 37.3 Å². The Kier molecular flexibility index (Phi) is 67.1. The van der Waals surface area contributed by atoms with Crippen molar-refractivity contribution in [2.75, 3.05) is 39.6 Å². The third kappa shape index (κ3) is 68.4. The fourth-order valence-electron chi connectivity index (χ4n) is 11.4. The second-order valence-corrected chi connectivity index (χ2v) is 29.6. The predicted octanol–water partition coefficient (Wildman–Crippen LogP) is 21.8. The van der Waals surface area contributed by atoms with Crippen LogP contribution in [0.3, 0.4) is 0 Å². The first-order valence-electron chi connectivity index (χ1n) is 38.8. The number of phosphoric ester groups is 2. The van der Waals surface area contributed by atoms with Gasteiger partial charge >= 0.3 is 39.5 Å². The number of ether oxygens (including phenoxy) is 4. The zero-order valence-corrected chi connectivity index (χ0v) is 62.0. The number of unbranched alkanes of at least 4 members (excludes halogenated alkanes) is 49. The summed E-state index contributed by atoms with van der Waals surface area (Å²) in [6.45, 7) is 4.95. The average molecular weight is 1370 g/mol. The van der Waals surface area contributed by atoms with Gasteiger partial charge in [0.15, 0.2) is 12.2 Å². The summed E-state index contributed by atoms with van der Waals surface area (Å²) >= 11 is 0. The Morgan fingerprint density at radius 1 is 0.258 bits per heavy atom. The van der Waals surface area contributed by atoms with Crippen LogP contribution in [-0.4, -0.2) is 96.7 Å². The lowest BCUT2D eigenvalue weighted by Gasteiger charge is -2.21. The highest BCUT2D eigenvalue weighted by Gasteiger charge is 2.30. The first-order chi connectivity index (χ1) is 45.2. The maximum atomic E-state index is 13.1. The molecule has 0 aliphatic heterocycles. The number of carbonyl (C=O) groups is 4. The highest BCUT2D eigenvalue weighted by Crippen LogP contribution is 2.45. The molecule has 0 radical (unpaired) electrons. The van der Waals surface area contributed by atoms with E-state index in [2.05, 4.69) is 27.7 Å². The molecule has 552 valence electrons. The average Bonchev–Trinajstić information content (AvgIpc) is 3.15. The number of aliphatic hydroxyl groups is 1. The van der Waals surface area contributed by atoms with Crippen LogP contribution in [0.4, 0.5) is 0 Å². The van der Waals surface area contributed by atoms with Crippen LogP contribution in [0.5, 0.6) is 0 Å². The van der Waals surface area contributed by atoms with Crippen LogP contribution in [0.15, 0.2) is 0 Å². The van der Waals surface area contributed by atoms with Crippen molar-refractivity contribution in [3.05, 3.63) is 0 Å². The van der Waals surface area contributed by atoms with Crippen molar-refractivity contribution < 1.29 is 80.2 Å². The van der Waals surface area contributed by atoms with E-state index in [1.54, 1.807) is 0 Å². The van der Waals surface area contributed by atoms with Gasteiger partial charge in [0, 0.05) is 25.7 Å². The maximum absolute atomic E-state index is 13.1. The van der Waals surface area contributed by atoms with Crippen LogP contribution >= 0.6 is 15.6 Å². The van der Waals surface area contributed by atoms with Crippen LogP contribution in [0.25, 0.3) is 0 Å². The van der Waals surface area contributed by atoms with Crippen molar-refractivity contribution in [1.29, 1.82) is 0 Å². The van der Waals surface area contributed by atoms with Gasteiger partial charge < -0.3 is 33.8 Å². The lowest BCUT2D eigenvalue weighted by atomic mass is 10.0. The van der Waals surface area contributed by atoms with Gasteiger partial charge in [0.2, 0.25) is 0 Å². The molecule has 0 saturated heterocycles. The molecule has 0 saturated carbocycles. The van der Waals surface area contributed by atoms with E-state index in [1.165, 1.54) is 218 Å². The minimum Gasteiger partial charge on any atom is -0.462 e. The highest BCUT2D eigenvalue weighted by molar-refractivity contribution is 7.47. The number of phosphoric acid groups is 2.